The van der Waals surface area contributed by atoms with Gasteiger partial charge in [0, 0.05) is 19.5 Å². The molecule has 1 unspecified atom stereocenters. The molecule has 0 fully saturated rings. The van der Waals surface area contributed by atoms with Gasteiger partial charge in [-0.25, -0.2) is 0 Å². The highest BCUT2D eigenvalue weighted by atomic mass is 16.2. The molecular formula is C13H26N2O. The largest absolute Gasteiger partial charge is 0.339 e. The number of likely N-dealkylation sites (N-methyl/N-ethyl adjacent to an activating group) is 1. The van der Waals surface area contributed by atoms with Crippen molar-refractivity contribution in [1.82, 2.24) is 4.90 Å². The average molecular weight is 226 g/mol. The molecule has 0 heterocycles. The van der Waals surface area contributed by atoms with Crippen LogP contribution in [0.3, 0.4) is 0 Å². The summed E-state index contributed by atoms with van der Waals surface area (Å²) in [6, 6.07) is 0. The Morgan fingerprint density at radius 1 is 1.50 bits per heavy atom. The number of carbonyl (C=O) groups excluding carboxylic acids is 1. The number of rotatable bonds is 8. The van der Waals surface area contributed by atoms with E-state index in [0.29, 0.717) is 31.3 Å². The summed E-state index contributed by atoms with van der Waals surface area (Å²) >= 11 is 0. The van der Waals surface area contributed by atoms with Crippen LogP contribution in [-0.4, -0.2) is 30.4 Å². The van der Waals surface area contributed by atoms with Crippen molar-refractivity contribution in [2.75, 3.05) is 19.6 Å². The van der Waals surface area contributed by atoms with E-state index in [1.165, 1.54) is 0 Å². The fraction of sp³-hybridized carbons (Fsp3) is 0.769. The molecule has 0 saturated heterocycles. The number of hydrogen-bond acceptors (Lipinski definition) is 2. The van der Waals surface area contributed by atoms with Crippen LogP contribution in [0.1, 0.15) is 33.6 Å². The third-order valence-electron chi connectivity index (χ3n) is 2.69. The number of nitrogens with two attached hydrogens (primary N) is 1. The molecule has 94 valence electrons. The molecule has 0 bridgehead atoms. The second-order valence-corrected chi connectivity index (χ2v) is 4.66. The Kier molecular flexibility index (Phi) is 7.90. The summed E-state index contributed by atoms with van der Waals surface area (Å²) in [6.07, 6.45) is 3.35. The third-order valence-corrected chi connectivity index (χ3v) is 2.69. The molecule has 2 N–H and O–H groups in total. The second-order valence-electron chi connectivity index (χ2n) is 4.66. The molecule has 3 nitrogen and oxygen atoms in total. The summed E-state index contributed by atoms with van der Waals surface area (Å²) in [5, 5.41) is 0. The molecule has 1 amide bonds. The molecule has 0 aliphatic carbocycles. The molecule has 0 aromatic heterocycles. The number of carbonyl (C=O) groups is 1. The maximum absolute atomic E-state index is 11.9. The molecule has 0 saturated carbocycles. The Hall–Kier alpha value is -0.830. The van der Waals surface area contributed by atoms with Gasteiger partial charge >= 0.3 is 0 Å². The van der Waals surface area contributed by atoms with E-state index in [-0.39, 0.29) is 5.91 Å². The standard InChI is InChI=1S/C13H26N2O/c1-5-7-15(6-2)13(16)9-12(10-14)8-11(3)4/h5,11-12H,1,6-10,14H2,2-4H3. The molecular weight excluding hydrogens is 200 g/mol. The van der Waals surface area contributed by atoms with E-state index in [9.17, 15) is 4.79 Å². The second kappa shape index (κ2) is 8.34. The van der Waals surface area contributed by atoms with E-state index < -0.39 is 0 Å². The van der Waals surface area contributed by atoms with Gasteiger partial charge in [-0.05, 0) is 31.7 Å². The van der Waals surface area contributed by atoms with Crippen molar-refractivity contribution in [1.29, 1.82) is 0 Å². The fourth-order valence-electron chi connectivity index (χ4n) is 1.87. The Bertz CT molecular complexity index is 214. The minimum absolute atomic E-state index is 0.193. The number of amides is 1. The Labute approximate surface area is 99.7 Å². The van der Waals surface area contributed by atoms with Crippen LogP contribution in [0.4, 0.5) is 0 Å². The van der Waals surface area contributed by atoms with Gasteiger partial charge in [0.05, 0.1) is 0 Å². The van der Waals surface area contributed by atoms with E-state index in [1.807, 2.05) is 11.8 Å². The summed E-state index contributed by atoms with van der Waals surface area (Å²) in [4.78, 5) is 13.8. The lowest BCUT2D eigenvalue weighted by molar-refractivity contribution is -0.131. The average Bonchev–Trinajstić information content (AvgIpc) is 2.23. The van der Waals surface area contributed by atoms with Gasteiger partial charge in [-0.15, -0.1) is 6.58 Å². The van der Waals surface area contributed by atoms with Crippen molar-refractivity contribution < 1.29 is 4.79 Å². The third kappa shape index (κ3) is 5.91. The first kappa shape index (κ1) is 15.2. The van der Waals surface area contributed by atoms with Crippen LogP contribution in [0.25, 0.3) is 0 Å². The van der Waals surface area contributed by atoms with Crippen molar-refractivity contribution in [2.24, 2.45) is 17.6 Å². The maximum atomic E-state index is 11.9. The van der Waals surface area contributed by atoms with Crippen LogP contribution < -0.4 is 5.73 Å². The summed E-state index contributed by atoms with van der Waals surface area (Å²) in [5.74, 6) is 1.10. The van der Waals surface area contributed by atoms with Crippen molar-refractivity contribution in [3.05, 3.63) is 12.7 Å². The van der Waals surface area contributed by atoms with Crippen LogP contribution in [-0.2, 0) is 4.79 Å². The molecule has 3 heteroatoms. The van der Waals surface area contributed by atoms with Gasteiger partial charge in [-0.1, -0.05) is 19.9 Å². The lowest BCUT2D eigenvalue weighted by Crippen LogP contribution is -2.33. The molecule has 16 heavy (non-hydrogen) atoms. The summed E-state index contributed by atoms with van der Waals surface area (Å²) in [5.41, 5.74) is 5.69. The maximum Gasteiger partial charge on any atom is 0.223 e. The smallest absolute Gasteiger partial charge is 0.223 e. The predicted octanol–water partition coefficient (Wildman–Crippen LogP) is 2.03. The van der Waals surface area contributed by atoms with Crippen LogP contribution in [0.2, 0.25) is 0 Å². The highest BCUT2D eigenvalue weighted by Crippen LogP contribution is 2.15. The van der Waals surface area contributed by atoms with E-state index in [0.717, 1.165) is 13.0 Å². The van der Waals surface area contributed by atoms with Crippen LogP contribution in [0, 0.1) is 11.8 Å². The van der Waals surface area contributed by atoms with E-state index in [4.69, 9.17) is 5.73 Å². The van der Waals surface area contributed by atoms with E-state index in [1.54, 1.807) is 6.08 Å². The SMILES string of the molecule is C=CCN(CC)C(=O)CC(CN)CC(C)C. The van der Waals surface area contributed by atoms with Gasteiger partial charge in [0.15, 0.2) is 0 Å². The Morgan fingerprint density at radius 3 is 2.50 bits per heavy atom. The molecule has 0 rings (SSSR count). The molecule has 0 aliphatic rings. The highest BCUT2D eigenvalue weighted by Gasteiger charge is 2.17. The molecule has 0 aromatic rings. The minimum atomic E-state index is 0.193. The van der Waals surface area contributed by atoms with Crippen molar-refractivity contribution in [3.8, 4) is 0 Å². The number of hydrogen-bond donors (Lipinski definition) is 1. The minimum Gasteiger partial charge on any atom is -0.339 e. The Balaban J connectivity index is 4.21. The van der Waals surface area contributed by atoms with Crippen molar-refractivity contribution >= 4 is 5.91 Å². The van der Waals surface area contributed by atoms with Gasteiger partial charge in [-0.3, -0.25) is 4.79 Å². The van der Waals surface area contributed by atoms with Crippen LogP contribution in [0.15, 0.2) is 12.7 Å². The first-order valence-corrected chi connectivity index (χ1v) is 6.13. The molecule has 1 atom stereocenters. The molecule has 0 radical (unpaired) electrons. The zero-order valence-corrected chi connectivity index (χ0v) is 10.9. The van der Waals surface area contributed by atoms with E-state index in [2.05, 4.69) is 20.4 Å². The highest BCUT2D eigenvalue weighted by molar-refractivity contribution is 5.76. The van der Waals surface area contributed by atoms with Crippen LogP contribution >= 0.6 is 0 Å². The topological polar surface area (TPSA) is 46.3 Å². The summed E-state index contributed by atoms with van der Waals surface area (Å²) < 4.78 is 0. The lowest BCUT2D eigenvalue weighted by atomic mass is 9.94. The molecule has 0 spiro atoms. The van der Waals surface area contributed by atoms with Gasteiger partial charge in [0.1, 0.15) is 0 Å². The van der Waals surface area contributed by atoms with Crippen LogP contribution in [0.5, 0.6) is 0 Å². The summed E-state index contributed by atoms with van der Waals surface area (Å²) in [7, 11) is 0. The monoisotopic (exact) mass is 226 g/mol. The number of nitrogens with zero attached hydrogens (tertiary/aromatic N) is 1. The zero-order chi connectivity index (χ0) is 12.6. The normalized spacial score (nSPS) is 12.6. The van der Waals surface area contributed by atoms with Gasteiger partial charge in [0.2, 0.25) is 5.91 Å². The van der Waals surface area contributed by atoms with Crippen molar-refractivity contribution in [3.63, 3.8) is 0 Å². The van der Waals surface area contributed by atoms with Gasteiger partial charge < -0.3 is 10.6 Å². The van der Waals surface area contributed by atoms with Gasteiger partial charge in [0.25, 0.3) is 0 Å². The quantitative estimate of drug-likeness (QED) is 0.644. The van der Waals surface area contributed by atoms with Gasteiger partial charge in [-0.2, -0.15) is 0 Å². The van der Waals surface area contributed by atoms with Crippen molar-refractivity contribution in [2.45, 2.75) is 33.6 Å². The van der Waals surface area contributed by atoms with E-state index >= 15 is 0 Å². The predicted molar refractivity (Wildman–Crippen MR) is 69.1 cm³/mol. The summed E-state index contributed by atoms with van der Waals surface area (Å²) in [6.45, 7) is 11.9. The first-order chi connectivity index (χ1) is 7.54. The molecule has 0 aromatic carbocycles. The zero-order valence-electron chi connectivity index (χ0n) is 10.9. The molecule has 0 aliphatic heterocycles. The lowest BCUT2D eigenvalue weighted by Gasteiger charge is -2.23. The fourth-order valence-corrected chi connectivity index (χ4v) is 1.87. The first-order valence-electron chi connectivity index (χ1n) is 6.13. The Morgan fingerprint density at radius 2 is 2.12 bits per heavy atom.